The van der Waals surface area contributed by atoms with Crippen molar-refractivity contribution in [2.24, 2.45) is 0 Å². The summed E-state index contributed by atoms with van der Waals surface area (Å²) in [5.74, 6) is 0.555. The summed E-state index contributed by atoms with van der Waals surface area (Å²) < 4.78 is 16.3. The first kappa shape index (κ1) is 19.2. The molecule has 0 aliphatic heterocycles. The van der Waals surface area contributed by atoms with E-state index in [4.69, 9.17) is 30.8 Å². The van der Waals surface area contributed by atoms with Gasteiger partial charge in [-0.1, -0.05) is 24.3 Å². The maximum atomic E-state index is 9.11. The number of aromatic nitrogens is 1. The number of nitrogens with one attached hydrogen (secondary N) is 1. The molecule has 0 aliphatic rings. The highest BCUT2D eigenvalue weighted by Crippen LogP contribution is 2.26. The van der Waals surface area contributed by atoms with Gasteiger partial charge in [0.05, 0.1) is 31.5 Å². The number of nitriles is 1. The van der Waals surface area contributed by atoms with Crippen molar-refractivity contribution in [2.45, 2.75) is 26.9 Å². The van der Waals surface area contributed by atoms with Crippen LogP contribution >= 0.6 is 11.6 Å². The number of oxazole rings is 1. The molecule has 6 nitrogen and oxygen atoms in total. The van der Waals surface area contributed by atoms with Crippen molar-refractivity contribution in [3.8, 4) is 6.07 Å². The summed E-state index contributed by atoms with van der Waals surface area (Å²) in [6.07, 6.45) is 1.73. The fourth-order valence-corrected chi connectivity index (χ4v) is 1.85. The molecule has 0 aromatic carbocycles. The molecule has 0 saturated carbocycles. The van der Waals surface area contributed by atoms with Crippen molar-refractivity contribution in [1.82, 2.24) is 4.98 Å². The van der Waals surface area contributed by atoms with E-state index in [9.17, 15) is 0 Å². The number of halogens is 1. The van der Waals surface area contributed by atoms with Crippen LogP contribution in [0.3, 0.4) is 0 Å². The molecule has 0 atom stereocenters. The zero-order valence-electron chi connectivity index (χ0n) is 13.7. The Morgan fingerprint density at radius 1 is 1.48 bits per heavy atom. The molecule has 0 unspecified atom stereocenters. The van der Waals surface area contributed by atoms with E-state index in [0.29, 0.717) is 42.9 Å². The molecule has 0 aliphatic carbocycles. The van der Waals surface area contributed by atoms with Crippen LogP contribution in [-0.2, 0) is 9.47 Å². The lowest BCUT2D eigenvalue weighted by molar-refractivity contribution is 0.0222. The third-order valence-corrected chi connectivity index (χ3v) is 2.95. The van der Waals surface area contributed by atoms with E-state index in [0.717, 1.165) is 0 Å². The third-order valence-electron chi connectivity index (χ3n) is 2.75. The van der Waals surface area contributed by atoms with Crippen LogP contribution in [0, 0.1) is 11.3 Å². The van der Waals surface area contributed by atoms with E-state index in [1.165, 1.54) is 6.08 Å². The van der Waals surface area contributed by atoms with Gasteiger partial charge in [-0.25, -0.2) is 0 Å². The van der Waals surface area contributed by atoms with Crippen LogP contribution in [-0.4, -0.2) is 37.5 Å². The summed E-state index contributed by atoms with van der Waals surface area (Å²) in [6.45, 7) is 11.3. The average molecular weight is 340 g/mol. The zero-order chi connectivity index (χ0) is 17.2. The molecular formula is C16H22ClN3O3. The number of nitrogens with zero attached hydrogens (tertiary/aromatic N) is 2. The summed E-state index contributed by atoms with van der Waals surface area (Å²) in [5, 5.41) is 12.6. The molecule has 1 rings (SSSR count). The van der Waals surface area contributed by atoms with E-state index in [2.05, 4.69) is 16.9 Å². The highest BCUT2D eigenvalue weighted by molar-refractivity contribution is 6.32. The summed E-state index contributed by atoms with van der Waals surface area (Å²) in [6, 6.07) is 1.98. The molecule has 0 spiro atoms. The van der Waals surface area contributed by atoms with Gasteiger partial charge in [0, 0.05) is 11.6 Å². The minimum Gasteiger partial charge on any atom is -0.419 e. The molecule has 7 heteroatoms. The van der Waals surface area contributed by atoms with Gasteiger partial charge >= 0.3 is 0 Å². The Hall–Kier alpha value is -1.81. The van der Waals surface area contributed by atoms with Crippen LogP contribution < -0.4 is 5.32 Å². The van der Waals surface area contributed by atoms with E-state index in [1.807, 2.05) is 19.9 Å². The van der Waals surface area contributed by atoms with Crippen LogP contribution in [0.5, 0.6) is 0 Å². The monoisotopic (exact) mass is 339 g/mol. The Morgan fingerprint density at radius 2 is 2.22 bits per heavy atom. The second-order valence-corrected chi connectivity index (χ2v) is 5.49. The molecule has 1 aromatic rings. The fraction of sp³-hybridized carbons (Fsp3) is 0.500. The van der Waals surface area contributed by atoms with Crippen molar-refractivity contribution in [2.75, 3.05) is 31.7 Å². The van der Waals surface area contributed by atoms with Crippen LogP contribution in [0.2, 0.25) is 0 Å². The normalized spacial score (nSPS) is 12.0. The standard InChI is InChI=1S/C16H22ClN3O3/c1-5-13(12(4)17)15-20-14(10-18)16(23-15)19-6-7-21-8-9-22-11(2)3/h5,11,19H,1,6-9H2,2-4H3/b13-12-. The van der Waals surface area contributed by atoms with Gasteiger partial charge in [0.1, 0.15) is 6.07 Å². The SMILES string of the molecule is C=C/C(=C(\C)Cl)c1nc(C#N)c(NCCOCCOC(C)C)o1. The minimum absolute atomic E-state index is 0.167. The number of rotatable bonds is 10. The Kier molecular flexibility index (Phi) is 8.41. The van der Waals surface area contributed by atoms with Gasteiger partial charge in [0.2, 0.25) is 17.5 Å². The van der Waals surface area contributed by atoms with Crippen molar-refractivity contribution in [3.63, 3.8) is 0 Å². The first-order valence-corrected chi connectivity index (χ1v) is 7.70. The summed E-state index contributed by atoms with van der Waals surface area (Å²) in [4.78, 5) is 4.10. The largest absolute Gasteiger partial charge is 0.419 e. The second kappa shape index (κ2) is 10.1. The molecule has 0 bridgehead atoms. The minimum atomic E-state index is 0.167. The van der Waals surface area contributed by atoms with Gasteiger partial charge in [0.15, 0.2) is 0 Å². The first-order chi connectivity index (χ1) is 11.0. The third kappa shape index (κ3) is 6.45. The maximum absolute atomic E-state index is 9.11. The summed E-state index contributed by atoms with van der Waals surface area (Å²) in [5.41, 5.74) is 0.721. The van der Waals surface area contributed by atoms with Crippen LogP contribution in [0.4, 0.5) is 5.88 Å². The fourth-order valence-electron chi connectivity index (χ4n) is 1.69. The topological polar surface area (TPSA) is 80.3 Å². The Balaban J connectivity index is 2.51. The Bertz CT molecular complexity index is 584. The zero-order valence-corrected chi connectivity index (χ0v) is 14.4. The van der Waals surface area contributed by atoms with Crippen LogP contribution in [0.25, 0.3) is 5.57 Å². The van der Waals surface area contributed by atoms with Crippen molar-refractivity contribution < 1.29 is 13.9 Å². The van der Waals surface area contributed by atoms with E-state index >= 15 is 0 Å². The number of hydrogen-bond acceptors (Lipinski definition) is 6. The quantitative estimate of drug-likeness (QED) is 0.518. The number of allylic oxidation sites excluding steroid dienone is 3. The predicted molar refractivity (Wildman–Crippen MR) is 90.3 cm³/mol. The Labute approximate surface area is 141 Å². The lowest BCUT2D eigenvalue weighted by Gasteiger charge is -2.08. The Morgan fingerprint density at radius 3 is 2.78 bits per heavy atom. The van der Waals surface area contributed by atoms with Crippen molar-refractivity contribution >= 4 is 23.1 Å². The number of ether oxygens (including phenoxy) is 2. The van der Waals surface area contributed by atoms with Crippen molar-refractivity contribution in [1.29, 1.82) is 5.26 Å². The van der Waals surface area contributed by atoms with E-state index in [1.54, 1.807) is 6.92 Å². The lowest BCUT2D eigenvalue weighted by Crippen LogP contribution is -2.14. The highest BCUT2D eigenvalue weighted by Gasteiger charge is 2.15. The first-order valence-electron chi connectivity index (χ1n) is 7.32. The maximum Gasteiger partial charge on any atom is 0.232 e. The van der Waals surface area contributed by atoms with E-state index in [-0.39, 0.29) is 17.7 Å². The molecule has 0 fully saturated rings. The van der Waals surface area contributed by atoms with Crippen LogP contribution in [0.1, 0.15) is 32.4 Å². The molecule has 1 N–H and O–H groups in total. The average Bonchev–Trinajstić information content (AvgIpc) is 2.89. The summed E-state index contributed by atoms with van der Waals surface area (Å²) >= 11 is 5.95. The number of anilines is 1. The highest BCUT2D eigenvalue weighted by atomic mass is 35.5. The number of hydrogen-bond donors (Lipinski definition) is 1. The molecule has 0 saturated heterocycles. The van der Waals surface area contributed by atoms with E-state index < -0.39 is 0 Å². The second-order valence-electron chi connectivity index (χ2n) is 4.92. The van der Waals surface area contributed by atoms with Gasteiger partial charge in [0.25, 0.3) is 0 Å². The smallest absolute Gasteiger partial charge is 0.232 e. The lowest BCUT2D eigenvalue weighted by atomic mass is 10.2. The van der Waals surface area contributed by atoms with Crippen LogP contribution in [0.15, 0.2) is 22.1 Å². The van der Waals surface area contributed by atoms with Gasteiger partial charge in [-0.05, 0) is 20.8 Å². The summed E-state index contributed by atoms with van der Waals surface area (Å²) in [7, 11) is 0. The molecule has 0 radical (unpaired) electrons. The van der Waals surface area contributed by atoms with Gasteiger partial charge in [-0.3, -0.25) is 0 Å². The molecule has 1 heterocycles. The van der Waals surface area contributed by atoms with Crippen molar-refractivity contribution in [3.05, 3.63) is 29.3 Å². The molecule has 126 valence electrons. The van der Waals surface area contributed by atoms with Gasteiger partial charge < -0.3 is 19.2 Å². The van der Waals surface area contributed by atoms with Gasteiger partial charge in [-0.2, -0.15) is 10.2 Å². The molecular weight excluding hydrogens is 318 g/mol. The molecule has 23 heavy (non-hydrogen) atoms. The van der Waals surface area contributed by atoms with Gasteiger partial charge in [-0.15, -0.1) is 0 Å². The predicted octanol–water partition coefficient (Wildman–Crippen LogP) is 3.56. The molecule has 1 aromatic heterocycles. The molecule has 0 amide bonds.